The maximum Gasteiger partial charge on any atom is 0.309 e. The van der Waals surface area contributed by atoms with Gasteiger partial charge < -0.3 is 10.5 Å². The van der Waals surface area contributed by atoms with Gasteiger partial charge in [0.25, 0.3) is 10.2 Å². The lowest BCUT2D eigenvalue weighted by Gasteiger charge is -2.32. The quantitative estimate of drug-likeness (QED) is 0.709. The molecule has 8 heteroatoms. The van der Waals surface area contributed by atoms with Gasteiger partial charge in [0.15, 0.2) is 0 Å². The molecule has 2 fully saturated rings. The molecule has 0 radical (unpaired) electrons. The molecule has 2 rings (SSSR count). The summed E-state index contributed by atoms with van der Waals surface area (Å²) in [6.07, 6.45) is 1.76. The van der Waals surface area contributed by atoms with Crippen molar-refractivity contribution in [2.45, 2.75) is 32.2 Å². The van der Waals surface area contributed by atoms with Gasteiger partial charge in [0, 0.05) is 32.2 Å². The molecule has 7 nitrogen and oxygen atoms in total. The lowest BCUT2D eigenvalue weighted by molar-refractivity contribution is -0.149. The zero-order valence-electron chi connectivity index (χ0n) is 11.8. The molecule has 0 aliphatic carbocycles. The molecule has 0 aromatic rings. The summed E-state index contributed by atoms with van der Waals surface area (Å²) in [6, 6.07) is -0.0677. The number of carbonyl (C=O) groups is 1. The van der Waals surface area contributed by atoms with Crippen LogP contribution >= 0.6 is 0 Å². The molecule has 116 valence electrons. The molecule has 2 N–H and O–H groups in total. The van der Waals surface area contributed by atoms with Gasteiger partial charge in [-0.3, -0.25) is 4.79 Å². The highest BCUT2D eigenvalue weighted by atomic mass is 32.2. The number of ether oxygens (including phenoxy) is 1. The van der Waals surface area contributed by atoms with Crippen LogP contribution in [0.2, 0.25) is 0 Å². The van der Waals surface area contributed by atoms with Crippen LogP contribution in [0.25, 0.3) is 0 Å². The molecule has 0 aromatic carbocycles. The SMILES string of the molecule is CCOC(=O)C1CCN(S(=O)(=O)N2CC[C@H](N)C2)CC1. The topological polar surface area (TPSA) is 92.9 Å². The van der Waals surface area contributed by atoms with E-state index in [0.717, 1.165) is 0 Å². The Hall–Kier alpha value is -0.700. The Labute approximate surface area is 120 Å². The number of nitrogens with two attached hydrogens (primary N) is 1. The van der Waals surface area contributed by atoms with Crippen LogP contribution in [0, 0.1) is 5.92 Å². The van der Waals surface area contributed by atoms with Crippen LogP contribution < -0.4 is 5.73 Å². The average molecular weight is 305 g/mol. The molecule has 2 aliphatic heterocycles. The van der Waals surface area contributed by atoms with Gasteiger partial charge in [-0.2, -0.15) is 17.0 Å². The first kappa shape index (κ1) is 15.7. The average Bonchev–Trinajstić information content (AvgIpc) is 2.86. The fraction of sp³-hybridized carbons (Fsp3) is 0.917. The van der Waals surface area contributed by atoms with E-state index in [1.54, 1.807) is 6.92 Å². The van der Waals surface area contributed by atoms with Gasteiger partial charge in [-0.15, -0.1) is 0 Å². The van der Waals surface area contributed by atoms with Crippen LogP contribution in [0.5, 0.6) is 0 Å². The monoisotopic (exact) mass is 305 g/mol. The summed E-state index contributed by atoms with van der Waals surface area (Å²) in [7, 11) is -3.42. The van der Waals surface area contributed by atoms with E-state index in [2.05, 4.69) is 0 Å². The standard InChI is InChI=1S/C12H23N3O4S/c1-2-19-12(16)10-3-6-14(7-4-10)20(17,18)15-8-5-11(13)9-15/h10-11H,2-9,13H2,1H3/t11-/m0/s1. The Morgan fingerprint density at radius 3 is 2.30 bits per heavy atom. The number of esters is 1. The van der Waals surface area contributed by atoms with E-state index in [-0.39, 0.29) is 17.9 Å². The second-order valence-electron chi connectivity index (χ2n) is 5.34. The van der Waals surface area contributed by atoms with Crippen LogP contribution in [-0.2, 0) is 19.7 Å². The third kappa shape index (κ3) is 3.30. The minimum absolute atomic E-state index is 0.0677. The third-order valence-electron chi connectivity index (χ3n) is 3.91. The number of nitrogens with zero attached hydrogens (tertiary/aromatic N) is 2. The molecule has 0 saturated carbocycles. The van der Waals surface area contributed by atoms with Gasteiger partial charge in [-0.25, -0.2) is 0 Å². The number of piperidine rings is 1. The van der Waals surface area contributed by atoms with E-state index in [1.165, 1.54) is 8.61 Å². The van der Waals surface area contributed by atoms with Crippen LogP contribution in [0.4, 0.5) is 0 Å². The smallest absolute Gasteiger partial charge is 0.309 e. The summed E-state index contributed by atoms with van der Waals surface area (Å²) < 4.78 is 32.7. The van der Waals surface area contributed by atoms with Crippen molar-refractivity contribution < 1.29 is 17.9 Å². The maximum absolute atomic E-state index is 12.4. The molecule has 0 bridgehead atoms. The Kier molecular flexibility index (Phi) is 5.00. The predicted molar refractivity (Wildman–Crippen MR) is 74.0 cm³/mol. The molecule has 1 atom stereocenters. The van der Waals surface area contributed by atoms with Crippen LogP contribution in [-0.4, -0.2) is 61.8 Å². The molecule has 2 aliphatic rings. The van der Waals surface area contributed by atoms with Crippen molar-refractivity contribution in [1.29, 1.82) is 0 Å². The number of hydrogen-bond acceptors (Lipinski definition) is 5. The second-order valence-corrected chi connectivity index (χ2v) is 7.27. The zero-order valence-corrected chi connectivity index (χ0v) is 12.6. The van der Waals surface area contributed by atoms with Gasteiger partial charge in [-0.1, -0.05) is 0 Å². The minimum atomic E-state index is -3.42. The molecule has 0 aromatic heterocycles. The van der Waals surface area contributed by atoms with Crippen molar-refractivity contribution >= 4 is 16.2 Å². The van der Waals surface area contributed by atoms with Crippen LogP contribution in [0.15, 0.2) is 0 Å². The van der Waals surface area contributed by atoms with Crippen LogP contribution in [0.3, 0.4) is 0 Å². The van der Waals surface area contributed by atoms with E-state index in [1.807, 2.05) is 0 Å². The summed E-state index contributed by atoms with van der Waals surface area (Å²) in [5, 5.41) is 0. The van der Waals surface area contributed by atoms with Crippen molar-refractivity contribution in [2.24, 2.45) is 11.7 Å². The fourth-order valence-corrected chi connectivity index (χ4v) is 4.42. The Morgan fingerprint density at radius 2 is 1.80 bits per heavy atom. The van der Waals surface area contributed by atoms with Crippen molar-refractivity contribution in [2.75, 3.05) is 32.8 Å². The van der Waals surface area contributed by atoms with Gasteiger partial charge >= 0.3 is 5.97 Å². The highest BCUT2D eigenvalue weighted by molar-refractivity contribution is 7.86. The first-order valence-electron chi connectivity index (χ1n) is 7.12. The first-order valence-corrected chi connectivity index (χ1v) is 8.52. The van der Waals surface area contributed by atoms with Gasteiger partial charge in [0.2, 0.25) is 0 Å². The fourth-order valence-electron chi connectivity index (χ4n) is 2.71. The summed E-state index contributed by atoms with van der Waals surface area (Å²) in [5.74, 6) is -0.394. The highest BCUT2D eigenvalue weighted by Gasteiger charge is 2.37. The first-order chi connectivity index (χ1) is 9.45. The number of carbonyl (C=O) groups excluding carboxylic acids is 1. The van der Waals surface area contributed by atoms with Crippen molar-refractivity contribution in [3.63, 3.8) is 0 Å². The van der Waals surface area contributed by atoms with E-state index in [9.17, 15) is 13.2 Å². The predicted octanol–water partition coefficient (Wildman–Crippen LogP) is -0.461. The van der Waals surface area contributed by atoms with Gasteiger partial charge in [0.05, 0.1) is 12.5 Å². The third-order valence-corrected chi connectivity index (χ3v) is 5.92. The van der Waals surface area contributed by atoms with Gasteiger partial charge in [-0.05, 0) is 26.2 Å². The van der Waals surface area contributed by atoms with Gasteiger partial charge in [0.1, 0.15) is 0 Å². The summed E-state index contributed by atoms with van der Waals surface area (Å²) in [5.41, 5.74) is 5.76. The second kappa shape index (κ2) is 6.38. The maximum atomic E-state index is 12.4. The molecule has 0 spiro atoms. The van der Waals surface area contributed by atoms with E-state index >= 15 is 0 Å². The Bertz CT molecular complexity index is 446. The minimum Gasteiger partial charge on any atom is -0.466 e. The summed E-state index contributed by atoms with van der Waals surface area (Å²) >= 11 is 0. The lowest BCUT2D eigenvalue weighted by Crippen LogP contribution is -2.47. The normalized spacial score (nSPS) is 26.8. The van der Waals surface area contributed by atoms with Crippen molar-refractivity contribution in [3.05, 3.63) is 0 Å². The van der Waals surface area contributed by atoms with E-state index in [4.69, 9.17) is 10.5 Å². The highest BCUT2D eigenvalue weighted by Crippen LogP contribution is 2.24. The molecule has 0 amide bonds. The van der Waals surface area contributed by atoms with Crippen molar-refractivity contribution in [3.8, 4) is 0 Å². The summed E-state index contributed by atoms with van der Waals surface area (Å²) in [6.45, 7) is 3.76. The molecule has 2 heterocycles. The van der Waals surface area contributed by atoms with E-state index < -0.39 is 10.2 Å². The molecule has 20 heavy (non-hydrogen) atoms. The number of hydrogen-bond donors (Lipinski definition) is 1. The largest absolute Gasteiger partial charge is 0.466 e. The molecular weight excluding hydrogens is 282 g/mol. The van der Waals surface area contributed by atoms with Crippen molar-refractivity contribution in [1.82, 2.24) is 8.61 Å². The number of rotatable bonds is 4. The Balaban J connectivity index is 1.91. The molecule has 2 saturated heterocycles. The van der Waals surface area contributed by atoms with Crippen LogP contribution in [0.1, 0.15) is 26.2 Å². The van der Waals surface area contributed by atoms with E-state index in [0.29, 0.717) is 52.0 Å². The Morgan fingerprint density at radius 1 is 1.20 bits per heavy atom. The molecular formula is C12H23N3O4S. The summed E-state index contributed by atoms with van der Waals surface area (Å²) in [4.78, 5) is 11.6. The zero-order chi connectivity index (χ0) is 14.8. The lowest BCUT2D eigenvalue weighted by atomic mass is 9.98. The molecule has 0 unspecified atom stereocenters.